The van der Waals surface area contributed by atoms with Gasteiger partial charge in [0.05, 0.1) is 12.6 Å². The lowest BCUT2D eigenvalue weighted by Crippen LogP contribution is -2.46. The number of piperazine rings is 1. The Hall–Kier alpha value is -1.30. The van der Waals surface area contributed by atoms with Gasteiger partial charge in [-0.05, 0) is 19.9 Å². The monoisotopic (exact) mass is 293 g/mol. The van der Waals surface area contributed by atoms with Crippen LogP contribution in [0.3, 0.4) is 0 Å². The number of benzene rings is 1. The maximum absolute atomic E-state index is 10.4. The molecule has 5 heteroatoms. The number of rotatable bonds is 6. The molecule has 118 valence electrons. The van der Waals surface area contributed by atoms with Gasteiger partial charge < -0.3 is 20.4 Å². The van der Waals surface area contributed by atoms with Crippen molar-refractivity contribution in [1.82, 2.24) is 10.2 Å². The van der Waals surface area contributed by atoms with Gasteiger partial charge in [0.2, 0.25) is 0 Å². The molecule has 0 spiro atoms. The minimum absolute atomic E-state index is 0.0260. The quantitative estimate of drug-likeness (QED) is 0.735. The first kappa shape index (κ1) is 16.1. The highest BCUT2D eigenvalue weighted by atomic mass is 16.3. The molecule has 1 aromatic rings. The molecule has 0 amide bonds. The third kappa shape index (κ3) is 3.67. The zero-order valence-electron chi connectivity index (χ0n) is 13.0. The smallest absolute Gasteiger partial charge is 0.122 e. The molecule has 0 aliphatic carbocycles. The Bertz CT molecular complexity index is 443. The number of phenols is 1. The van der Waals surface area contributed by atoms with E-state index in [2.05, 4.69) is 29.0 Å². The molecule has 1 fully saturated rings. The number of hydrogen-bond acceptors (Lipinski definition) is 5. The van der Waals surface area contributed by atoms with E-state index in [1.165, 1.54) is 0 Å². The third-order valence-electron chi connectivity index (χ3n) is 4.27. The van der Waals surface area contributed by atoms with Crippen LogP contribution in [0.15, 0.2) is 18.2 Å². The van der Waals surface area contributed by atoms with Crippen molar-refractivity contribution in [2.45, 2.75) is 19.9 Å². The van der Waals surface area contributed by atoms with E-state index in [1.54, 1.807) is 0 Å². The molecule has 5 nitrogen and oxygen atoms in total. The van der Waals surface area contributed by atoms with Crippen LogP contribution in [0.1, 0.15) is 25.5 Å². The van der Waals surface area contributed by atoms with Crippen LogP contribution in [0.25, 0.3) is 0 Å². The number of phenolic OH excluding ortho intramolecular Hbond substituents is 1. The summed E-state index contributed by atoms with van der Waals surface area (Å²) in [4.78, 5) is 4.42. The lowest BCUT2D eigenvalue weighted by molar-refractivity contribution is 0.109. The number of nitrogens with zero attached hydrogens (tertiary/aromatic N) is 2. The molecule has 1 atom stereocenters. The average Bonchev–Trinajstić information content (AvgIpc) is 2.52. The SMILES string of the molecule is CCN(CC)c1ccc([C@@H](CO)N2CCNCC2)c(O)c1. The van der Waals surface area contributed by atoms with Crippen molar-refractivity contribution in [3.05, 3.63) is 23.8 Å². The first-order chi connectivity index (χ1) is 10.2. The topological polar surface area (TPSA) is 59.0 Å². The van der Waals surface area contributed by atoms with Gasteiger partial charge in [-0.15, -0.1) is 0 Å². The van der Waals surface area contributed by atoms with Gasteiger partial charge in [0.15, 0.2) is 0 Å². The molecule has 1 heterocycles. The normalized spacial score (nSPS) is 17.7. The fourth-order valence-electron chi connectivity index (χ4n) is 3.00. The molecular weight excluding hydrogens is 266 g/mol. The summed E-state index contributed by atoms with van der Waals surface area (Å²) in [5, 5.41) is 23.4. The summed E-state index contributed by atoms with van der Waals surface area (Å²) >= 11 is 0. The zero-order chi connectivity index (χ0) is 15.2. The molecule has 1 aromatic carbocycles. The number of nitrogens with one attached hydrogen (secondary N) is 1. The van der Waals surface area contributed by atoms with Crippen LogP contribution >= 0.6 is 0 Å². The second-order valence-corrected chi connectivity index (χ2v) is 5.40. The number of hydrogen-bond donors (Lipinski definition) is 3. The first-order valence-electron chi connectivity index (χ1n) is 7.84. The summed E-state index contributed by atoms with van der Waals surface area (Å²) in [6.07, 6.45) is 0. The van der Waals surface area contributed by atoms with E-state index in [1.807, 2.05) is 18.2 Å². The van der Waals surface area contributed by atoms with E-state index < -0.39 is 0 Å². The van der Waals surface area contributed by atoms with E-state index in [9.17, 15) is 10.2 Å². The van der Waals surface area contributed by atoms with Gasteiger partial charge in [0.25, 0.3) is 0 Å². The summed E-state index contributed by atoms with van der Waals surface area (Å²) in [6.45, 7) is 9.69. The summed E-state index contributed by atoms with van der Waals surface area (Å²) in [6, 6.07) is 5.67. The summed E-state index contributed by atoms with van der Waals surface area (Å²) < 4.78 is 0. The van der Waals surface area contributed by atoms with Gasteiger partial charge in [-0.25, -0.2) is 0 Å². The lowest BCUT2D eigenvalue weighted by Gasteiger charge is -2.34. The predicted octanol–water partition coefficient (Wildman–Crippen LogP) is 1.18. The molecule has 0 unspecified atom stereocenters. The van der Waals surface area contributed by atoms with E-state index in [0.29, 0.717) is 0 Å². The number of aliphatic hydroxyl groups is 1. The van der Waals surface area contributed by atoms with E-state index in [-0.39, 0.29) is 18.4 Å². The summed E-state index contributed by atoms with van der Waals surface area (Å²) in [7, 11) is 0. The van der Waals surface area contributed by atoms with E-state index in [0.717, 1.165) is 50.5 Å². The van der Waals surface area contributed by atoms with Crippen LogP contribution in [0.5, 0.6) is 5.75 Å². The molecule has 0 aromatic heterocycles. The van der Waals surface area contributed by atoms with Crippen molar-refractivity contribution in [3.8, 4) is 5.75 Å². The number of aliphatic hydroxyl groups excluding tert-OH is 1. The largest absolute Gasteiger partial charge is 0.508 e. The molecule has 0 radical (unpaired) electrons. The van der Waals surface area contributed by atoms with Crippen LogP contribution in [0.4, 0.5) is 5.69 Å². The Labute approximate surface area is 127 Å². The molecule has 0 saturated carbocycles. The fraction of sp³-hybridized carbons (Fsp3) is 0.625. The van der Waals surface area contributed by atoms with Crippen molar-refractivity contribution >= 4 is 5.69 Å². The molecular formula is C16H27N3O2. The molecule has 0 bridgehead atoms. The maximum atomic E-state index is 10.4. The van der Waals surface area contributed by atoms with Crippen molar-refractivity contribution in [1.29, 1.82) is 0 Å². The Morgan fingerprint density at radius 1 is 1.24 bits per heavy atom. The summed E-state index contributed by atoms with van der Waals surface area (Å²) in [5.74, 6) is 0.275. The van der Waals surface area contributed by atoms with Crippen LogP contribution in [-0.4, -0.2) is 61.0 Å². The highest BCUT2D eigenvalue weighted by molar-refractivity contribution is 5.54. The minimum atomic E-state index is -0.127. The third-order valence-corrected chi connectivity index (χ3v) is 4.27. The van der Waals surface area contributed by atoms with Gasteiger partial charge in [-0.2, -0.15) is 0 Å². The number of aromatic hydroxyl groups is 1. The minimum Gasteiger partial charge on any atom is -0.508 e. The maximum Gasteiger partial charge on any atom is 0.122 e. The van der Waals surface area contributed by atoms with E-state index in [4.69, 9.17) is 0 Å². The highest BCUT2D eigenvalue weighted by Gasteiger charge is 2.24. The van der Waals surface area contributed by atoms with Gasteiger partial charge in [0.1, 0.15) is 5.75 Å². The Balaban J connectivity index is 2.21. The molecule has 1 aliphatic rings. The Morgan fingerprint density at radius 2 is 1.90 bits per heavy atom. The van der Waals surface area contributed by atoms with Crippen LogP contribution in [0, 0.1) is 0 Å². The lowest BCUT2D eigenvalue weighted by atomic mass is 10.0. The van der Waals surface area contributed by atoms with Gasteiger partial charge >= 0.3 is 0 Å². The van der Waals surface area contributed by atoms with Crippen molar-refractivity contribution in [3.63, 3.8) is 0 Å². The second kappa shape index (κ2) is 7.64. The molecule has 21 heavy (non-hydrogen) atoms. The predicted molar refractivity (Wildman–Crippen MR) is 85.9 cm³/mol. The van der Waals surface area contributed by atoms with Crippen LogP contribution in [-0.2, 0) is 0 Å². The molecule has 3 N–H and O–H groups in total. The van der Waals surface area contributed by atoms with Crippen LogP contribution < -0.4 is 10.2 Å². The van der Waals surface area contributed by atoms with Gasteiger partial charge in [0, 0.05) is 56.6 Å². The average molecular weight is 293 g/mol. The highest BCUT2D eigenvalue weighted by Crippen LogP contribution is 2.32. The van der Waals surface area contributed by atoms with Gasteiger partial charge in [-0.3, -0.25) is 4.90 Å². The van der Waals surface area contributed by atoms with E-state index >= 15 is 0 Å². The van der Waals surface area contributed by atoms with Crippen LogP contribution in [0.2, 0.25) is 0 Å². The molecule has 1 aliphatic heterocycles. The Morgan fingerprint density at radius 3 is 2.43 bits per heavy atom. The van der Waals surface area contributed by atoms with Crippen molar-refractivity contribution in [2.75, 3.05) is 50.8 Å². The molecule has 1 saturated heterocycles. The zero-order valence-corrected chi connectivity index (χ0v) is 13.0. The number of anilines is 1. The van der Waals surface area contributed by atoms with Crippen molar-refractivity contribution in [2.24, 2.45) is 0 Å². The Kier molecular flexibility index (Phi) is 5.85. The van der Waals surface area contributed by atoms with Crippen molar-refractivity contribution < 1.29 is 10.2 Å². The first-order valence-corrected chi connectivity index (χ1v) is 7.84. The van der Waals surface area contributed by atoms with Gasteiger partial charge in [-0.1, -0.05) is 6.07 Å². The summed E-state index contributed by atoms with van der Waals surface area (Å²) in [5.41, 5.74) is 1.84. The molecule has 2 rings (SSSR count). The fourth-order valence-corrected chi connectivity index (χ4v) is 3.00. The second-order valence-electron chi connectivity index (χ2n) is 5.40. The standard InChI is InChI=1S/C16H27N3O2/c1-3-18(4-2)13-5-6-14(16(21)11-13)15(12-20)19-9-7-17-8-10-19/h5-6,11,15,17,20-21H,3-4,7-10,12H2,1-2H3/t15-/m1/s1.